The number of hydrogen-bond donors (Lipinski definition) is 1. The molecule has 0 atom stereocenters. The zero-order valence-electron chi connectivity index (χ0n) is 10.1. The quantitative estimate of drug-likeness (QED) is 0.910. The van der Waals surface area contributed by atoms with Crippen molar-refractivity contribution in [3.05, 3.63) is 29.8 Å². The molecule has 0 amide bonds. The van der Waals surface area contributed by atoms with Crippen LogP contribution in [0.1, 0.15) is 18.2 Å². The Kier molecular flexibility index (Phi) is 3.10. The minimum absolute atomic E-state index is 0.676. The third kappa shape index (κ3) is 2.03. The van der Waals surface area contributed by atoms with Crippen LogP contribution in [0.15, 0.2) is 18.6 Å². The molecule has 0 aromatic carbocycles. The van der Waals surface area contributed by atoms with E-state index in [0.29, 0.717) is 5.82 Å². The van der Waals surface area contributed by atoms with Gasteiger partial charge in [0.25, 0.3) is 0 Å². The van der Waals surface area contributed by atoms with Crippen LogP contribution in [0.2, 0.25) is 0 Å². The molecule has 0 spiro atoms. The summed E-state index contributed by atoms with van der Waals surface area (Å²) < 4.78 is 0. The van der Waals surface area contributed by atoms with E-state index < -0.39 is 0 Å². The SMILES string of the molecule is CCNc1nc(-c2ccncn2)nc2c1CSC2. The molecule has 6 heteroatoms. The summed E-state index contributed by atoms with van der Waals surface area (Å²) >= 11 is 1.87. The van der Waals surface area contributed by atoms with Gasteiger partial charge in [0.2, 0.25) is 0 Å². The van der Waals surface area contributed by atoms with Crippen molar-refractivity contribution in [3.8, 4) is 11.5 Å². The molecule has 0 aliphatic carbocycles. The highest BCUT2D eigenvalue weighted by molar-refractivity contribution is 7.98. The van der Waals surface area contributed by atoms with Gasteiger partial charge in [-0.05, 0) is 13.0 Å². The maximum atomic E-state index is 4.60. The molecule has 0 saturated carbocycles. The topological polar surface area (TPSA) is 63.6 Å². The second-order valence-corrected chi connectivity index (χ2v) is 4.92. The largest absolute Gasteiger partial charge is 0.370 e. The lowest BCUT2D eigenvalue weighted by atomic mass is 10.2. The van der Waals surface area contributed by atoms with Gasteiger partial charge in [-0.1, -0.05) is 0 Å². The van der Waals surface area contributed by atoms with Crippen LogP contribution in [0, 0.1) is 0 Å². The van der Waals surface area contributed by atoms with Crippen molar-refractivity contribution < 1.29 is 0 Å². The Morgan fingerprint density at radius 3 is 3.06 bits per heavy atom. The Labute approximate surface area is 109 Å². The molecule has 1 N–H and O–H groups in total. The van der Waals surface area contributed by atoms with Crippen LogP contribution in [0.25, 0.3) is 11.5 Å². The van der Waals surface area contributed by atoms with Gasteiger partial charge >= 0.3 is 0 Å². The molecular weight excluding hydrogens is 246 g/mol. The number of anilines is 1. The maximum Gasteiger partial charge on any atom is 0.180 e. The Morgan fingerprint density at radius 2 is 2.28 bits per heavy atom. The molecule has 1 aliphatic rings. The summed E-state index contributed by atoms with van der Waals surface area (Å²) in [5.74, 6) is 3.56. The van der Waals surface area contributed by atoms with Gasteiger partial charge in [-0.25, -0.2) is 19.9 Å². The van der Waals surface area contributed by atoms with Crippen molar-refractivity contribution in [2.45, 2.75) is 18.4 Å². The van der Waals surface area contributed by atoms with Crippen molar-refractivity contribution in [1.29, 1.82) is 0 Å². The van der Waals surface area contributed by atoms with Gasteiger partial charge in [-0.2, -0.15) is 11.8 Å². The lowest BCUT2D eigenvalue weighted by Gasteiger charge is -2.09. The van der Waals surface area contributed by atoms with Crippen molar-refractivity contribution in [2.24, 2.45) is 0 Å². The normalized spacial score (nSPS) is 13.4. The van der Waals surface area contributed by atoms with E-state index in [2.05, 4.69) is 32.2 Å². The lowest BCUT2D eigenvalue weighted by molar-refractivity contribution is 1.03. The average Bonchev–Trinajstić information content (AvgIpc) is 2.88. The monoisotopic (exact) mass is 259 g/mol. The molecule has 0 saturated heterocycles. The number of nitrogens with zero attached hydrogens (tertiary/aromatic N) is 4. The van der Waals surface area contributed by atoms with Crippen molar-refractivity contribution in [1.82, 2.24) is 19.9 Å². The second-order valence-electron chi connectivity index (χ2n) is 3.94. The van der Waals surface area contributed by atoms with Crippen LogP contribution in [-0.2, 0) is 11.5 Å². The number of aromatic nitrogens is 4. The first-order chi connectivity index (χ1) is 8.88. The zero-order valence-corrected chi connectivity index (χ0v) is 10.9. The highest BCUT2D eigenvalue weighted by Crippen LogP contribution is 2.33. The van der Waals surface area contributed by atoms with Gasteiger partial charge in [-0.15, -0.1) is 0 Å². The molecule has 0 radical (unpaired) electrons. The Balaban J connectivity index is 2.09. The van der Waals surface area contributed by atoms with Crippen molar-refractivity contribution in [2.75, 3.05) is 11.9 Å². The van der Waals surface area contributed by atoms with Crippen LogP contribution >= 0.6 is 11.8 Å². The summed E-state index contributed by atoms with van der Waals surface area (Å²) in [6, 6.07) is 1.83. The number of nitrogens with one attached hydrogen (secondary N) is 1. The van der Waals surface area contributed by atoms with E-state index >= 15 is 0 Å². The van der Waals surface area contributed by atoms with Crippen LogP contribution < -0.4 is 5.32 Å². The Hall–Kier alpha value is -1.69. The highest BCUT2D eigenvalue weighted by Gasteiger charge is 2.20. The predicted octanol–water partition coefficient (Wildman–Crippen LogP) is 2.11. The molecule has 92 valence electrons. The van der Waals surface area contributed by atoms with Gasteiger partial charge in [0.1, 0.15) is 17.8 Å². The molecule has 18 heavy (non-hydrogen) atoms. The lowest BCUT2D eigenvalue weighted by Crippen LogP contribution is -2.07. The van der Waals surface area contributed by atoms with Gasteiger partial charge in [0.05, 0.1) is 5.69 Å². The van der Waals surface area contributed by atoms with Gasteiger partial charge in [0, 0.05) is 29.8 Å². The van der Waals surface area contributed by atoms with Gasteiger partial charge in [0.15, 0.2) is 5.82 Å². The number of fused-ring (bicyclic) bond motifs is 1. The molecule has 2 aromatic heterocycles. The summed E-state index contributed by atoms with van der Waals surface area (Å²) in [6.45, 7) is 2.93. The highest BCUT2D eigenvalue weighted by atomic mass is 32.2. The van der Waals surface area contributed by atoms with E-state index in [1.807, 2.05) is 17.8 Å². The van der Waals surface area contributed by atoms with Crippen LogP contribution in [-0.4, -0.2) is 26.5 Å². The summed E-state index contributed by atoms with van der Waals surface area (Å²) in [6.07, 6.45) is 3.23. The zero-order chi connectivity index (χ0) is 12.4. The third-order valence-corrected chi connectivity index (χ3v) is 3.70. The molecule has 2 aromatic rings. The van der Waals surface area contributed by atoms with Crippen molar-refractivity contribution in [3.63, 3.8) is 0 Å². The first kappa shape index (κ1) is 11.4. The third-order valence-electron chi connectivity index (χ3n) is 2.73. The maximum absolute atomic E-state index is 4.60. The van der Waals surface area contributed by atoms with Gasteiger partial charge in [-0.3, -0.25) is 0 Å². The number of hydrogen-bond acceptors (Lipinski definition) is 6. The fraction of sp³-hybridized carbons (Fsp3) is 0.333. The molecule has 0 bridgehead atoms. The average molecular weight is 259 g/mol. The van der Waals surface area contributed by atoms with E-state index in [0.717, 1.165) is 35.3 Å². The summed E-state index contributed by atoms with van der Waals surface area (Å²) in [5, 5.41) is 3.31. The van der Waals surface area contributed by atoms with Crippen LogP contribution in [0.4, 0.5) is 5.82 Å². The van der Waals surface area contributed by atoms with Crippen LogP contribution in [0.3, 0.4) is 0 Å². The van der Waals surface area contributed by atoms with Crippen LogP contribution in [0.5, 0.6) is 0 Å². The fourth-order valence-electron chi connectivity index (χ4n) is 1.90. The molecule has 0 fully saturated rings. The second kappa shape index (κ2) is 4.89. The molecule has 0 unspecified atom stereocenters. The fourth-order valence-corrected chi connectivity index (χ4v) is 2.94. The van der Waals surface area contributed by atoms with Crippen molar-refractivity contribution >= 4 is 17.6 Å². The molecule has 3 rings (SSSR count). The van der Waals surface area contributed by atoms with E-state index in [1.54, 1.807) is 6.20 Å². The predicted molar refractivity (Wildman–Crippen MR) is 72.2 cm³/mol. The summed E-state index contributed by atoms with van der Waals surface area (Å²) in [4.78, 5) is 17.3. The van der Waals surface area contributed by atoms with E-state index in [4.69, 9.17) is 0 Å². The van der Waals surface area contributed by atoms with Gasteiger partial charge < -0.3 is 5.32 Å². The minimum Gasteiger partial charge on any atom is -0.370 e. The first-order valence-electron chi connectivity index (χ1n) is 5.86. The number of rotatable bonds is 3. The first-order valence-corrected chi connectivity index (χ1v) is 7.01. The molecule has 5 nitrogen and oxygen atoms in total. The summed E-state index contributed by atoms with van der Waals surface area (Å²) in [7, 11) is 0. The van der Waals surface area contributed by atoms with E-state index in [1.165, 1.54) is 11.9 Å². The minimum atomic E-state index is 0.676. The molecule has 3 heterocycles. The molecule has 1 aliphatic heterocycles. The molecular formula is C12H13N5S. The van der Waals surface area contributed by atoms with E-state index in [9.17, 15) is 0 Å². The Morgan fingerprint density at radius 1 is 1.33 bits per heavy atom. The standard InChI is InChI=1S/C12H13N5S/c1-2-14-11-8-5-18-6-10(8)16-12(17-11)9-3-4-13-7-15-9/h3-4,7H,2,5-6H2,1H3,(H,14,16,17). The van der Waals surface area contributed by atoms with E-state index in [-0.39, 0.29) is 0 Å². The summed E-state index contributed by atoms with van der Waals surface area (Å²) in [5.41, 5.74) is 3.13. The smallest absolute Gasteiger partial charge is 0.180 e. The number of thioether (sulfide) groups is 1. The Bertz CT molecular complexity index is 558.